The van der Waals surface area contributed by atoms with E-state index in [4.69, 9.17) is 0 Å². The van der Waals surface area contributed by atoms with Crippen molar-refractivity contribution in [2.75, 3.05) is 0 Å². The van der Waals surface area contributed by atoms with Gasteiger partial charge in [-0.25, -0.2) is 4.57 Å². The average molecular weight is 192 g/mol. The third-order valence-electron chi connectivity index (χ3n) is 2.60. The molecule has 1 heterocycles. The minimum absolute atomic E-state index is 0.639. The monoisotopic (exact) mass is 192 g/mol. The Kier molecular flexibility index (Phi) is 4.64. The lowest BCUT2D eigenvalue weighted by Crippen LogP contribution is -2.32. The first-order chi connectivity index (χ1) is 6.74. The SMILES string of the molecule is CCCCC[n+]1ccc(C(C)C)cc1. The van der Waals surface area contributed by atoms with E-state index < -0.39 is 0 Å². The summed E-state index contributed by atoms with van der Waals surface area (Å²) < 4.78 is 2.28. The zero-order valence-electron chi connectivity index (χ0n) is 9.66. The molecule has 0 bridgehead atoms. The Morgan fingerprint density at radius 2 is 1.79 bits per heavy atom. The maximum atomic E-state index is 2.28. The molecule has 0 aliphatic carbocycles. The van der Waals surface area contributed by atoms with E-state index in [1.807, 2.05) is 0 Å². The molecule has 1 aromatic heterocycles. The summed E-state index contributed by atoms with van der Waals surface area (Å²) >= 11 is 0. The molecule has 0 saturated heterocycles. The Hall–Kier alpha value is -0.850. The number of pyridine rings is 1. The van der Waals surface area contributed by atoms with Crippen molar-refractivity contribution in [2.45, 2.75) is 52.5 Å². The maximum absolute atomic E-state index is 2.28. The fraction of sp³-hybridized carbons (Fsp3) is 0.615. The molecule has 1 nitrogen and oxygen atoms in total. The molecule has 0 aliphatic heterocycles. The first kappa shape index (κ1) is 11.2. The molecule has 0 fully saturated rings. The van der Waals surface area contributed by atoms with Crippen molar-refractivity contribution >= 4 is 0 Å². The molecule has 0 aliphatic rings. The minimum atomic E-state index is 0.639. The van der Waals surface area contributed by atoms with Crippen LogP contribution in [0.2, 0.25) is 0 Å². The summed E-state index contributed by atoms with van der Waals surface area (Å²) in [5.41, 5.74) is 1.43. The number of hydrogen-bond donors (Lipinski definition) is 0. The van der Waals surface area contributed by atoms with Crippen molar-refractivity contribution in [3.63, 3.8) is 0 Å². The predicted molar refractivity (Wildman–Crippen MR) is 60.3 cm³/mol. The number of nitrogens with zero attached hydrogens (tertiary/aromatic N) is 1. The summed E-state index contributed by atoms with van der Waals surface area (Å²) in [6.45, 7) is 7.87. The van der Waals surface area contributed by atoms with E-state index in [-0.39, 0.29) is 0 Å². The normalized spacial score (nSPS) is 10.9. The second-order valence-corrected chi connectivity index (χ2v) is 4.23. The molecular formula is C13H22N+. The summed E-state index contributed by atoms with van der Waals surface area (Å²) in [6, 6.07) is 4.47. The topological polar surface area (TPSA) is 3.88 Å². The number of aromatic nitrogens is 1. The molecule has 0 radical (unpaired) electrons. The van der Waals surface area contributed by atoms with Crippen LogP contribution in [0.25, 0.3) is 0 Å². The zero-order chi connectivity index (χ0) is 10.4. The lowest BCUT2D eigenvalue weighted by Gasteiger charge is -2.03. The highest BCUT2D eigenvalue weighted by molar-refractivity contribution is 5.11. The second-order valence-electron chi connectivity index (χ2n) is 4.23. The first-order valence-corrected chi connectivity index (χ1v) is 5.73. The Morgan fingerprint density at radius 1 is 1.14 bits per heavy atom. The number of hydrogen-bond acceptors (Lipinski definition) is 0. The molecular weight excluding hydrogens is 170 g/mol. The van der Waals surface area contributed by atoms with Crippen LogP contribution >= 0.6 is 0 Å². The van der Waals surface area contributed by atoms with Gasteiger partial charge in [-0.3, -0.25) is 0 Å². The zero-order valence-corrected chi connectivity index (χ0v) is 9.66. The third kappa shape index (κ3) is 3.49. The van der Waals surface area contributed by atoms with Crippen molar-refractivity contribution in [3.05, 3.63) is 30.1 Å². The third-order valence-corrected chi connectivity index (χ3v) is 2.60. The van der Waals surface area contributed by atoms with E-state index >= 15 is 0 Å². The summed E-state index contributed by atoms with van der Waals surface area (Å²) in [4.78, 5) is 0. The molecule has 0 amide bonds. The van der Waals surface area contributed by atoms with Gasteiger partial charge in [-0.05, 0) is 17.9 Å². The van der Waals surface area contributed by atoms with Crippen LogP contribution < -0.4 is 4.57 Å². The van der Waals surface area contributed by atoms with Crippen LogP contribution in [0.4, 0.5) is 0 Å². The molecule has 78 valence electrons. The fourth-order valence-electron chi connectivity index (χ4n) is 1.55. The number of unbranched alkanes of at least 4 members (excludes halogenated alkanes) is 2. The van der Waals surface area contributed by atoms with Crippen molar-refractivity contribution in [1.29, 1.82) is 0 Å². The van der Waals surface area contributed by atoms with E-state index in [1.54, 1.807) is 0 Å². The molecule has 1 aromatic rings. The molecule has 1 heteroatoms. The second kappa shape index (κ2) is 5.79. The summed E-state index contributed by atoms with van der Waals surface area (Å²) in [6.07, 6.45) is 8.32. The Morgan fingerprint density at radius 3 is 2.29 bits per heavy atom. The summed E-state index contributed by atoms with van der Waals surface area (Å²) in [7, 11) is 0. The van der Waals surface area contributed by atoms with Crippen molar-refractivity contribution in [2.24, 2.45) is 0 Å². The van der Waals surface area contributed by atoms with Crippen molar-refractivity contribution < 1.29 is 4.57 Å². The predicted octanol–water partition coefficient (Wildman–Crippen LogP) is 3.29. The van der Waals surface area contributed by atoms with Crippen LogP contribution in [0.5, 0.6) is 0 Å². The first-order valence-electron chi connectivity index (χ1n) is 5.73. The van der Waals surface area contributed by atoms with E-state index in [2.05, 4.69) is 49.9 Å². The Labute approximate surface area is 87.8 Å². The van der Waals surface area contributed by atoms with Gasteiger partial charge in [0.2, 0.25) is 0 Å². The molecule has 0 saturated carbocycles. The molecule has 1 rings (SSSR count). The standard InChI is InChI=1S/C13H22N/c1-4-5-6-9-14-10-7-13(8-11-14)12(2)3/h7-8,10-12H,4-6,9H2,1-3H3/q+1. The van der Waals surface area contributed by atoms with Crippen LogP contribution in [0.1, 0.15) is 51.5 Å². The van der Waals surface area contributed by atoms with Gasteiger partial charge in [0.05, 0.1) is 0 Å². The lowest BCUT2D eigenvalue weighted by molar-refractivity contribution is -0.697. The molecule has 0 spiro atoms. The van der Waals surface area contributed by atoms with Gasteiger partial charge < -0.3 is 0 Å². The molecule has 0 unspecified atom stereocenters. The van der Waals surface area contributed by atoms with Gasteiger partial charge >= 0.3 is 0 Å². The lowest BCUT2D eigenvalue weighted by atomic mass is 10.1. The molecule has 0 atom stereocenters. The largest absolute Gasteiger partial charge is 0.205 e. The van der Waals surface area contributed by atoms with Crippen molar-refractivity contribution in [3.8, 4) is 0 Å². The van der Waals surface area contributed by atoms with Gasteiger partial charge in [-0.1, -0.05) is 27.2 Å². The van der Waals surface area contributed by atoms with Crippen LogP contribution in [-0.4, -0.2) is 0 Å². The number of rotatable bonds is 5. The van der Waals surface area contributed by atoms with E-state index in [9.17, 15) is 0 Å². The minimum Gasteiger partial charge on any atom is -0.205 e. The Balaban J connectivity index is 2.47. The Bertz CT molecular complexity index is 248. The van der Waals surface area contributed by atoms with Gasteiger partial charge in [0, 0.05) is 18.6 Å². The van der Waals surface area contributed by atoms with Crippen molar-refractivity contribution in [1.82, 2.24) is 0 Å². The quantitative estimate of drug-likeness (QED) is 0.498. The van der Waals surface area contributed by atoms with Gasteiger partial charge in [-0.2, -0.15) is 0 Å². The van der Waals surface area contributed by atoms with Gasteiger partial charge in [-0.15, -0.1) is 0 Å². The van der Waals surface area contributed by atoms with Crippen LogP contribution in [0.3, 0.4) is 0 Å². The highest BCUT2D eigenvalue weighted by atomic mass is 14.9. The molecule has 14 heavy (non-hydrogen) atoms. The van der Waals surface area contributed by atoms with E-state index in [1.165, 1.54) is 24.8 Å². The van der Waals surface area contributed by atoms with Crippen LogP contribution in [0, 0.1) is 0 Å². The highest BCUT2D eigenvalue weighted by Crippen LogP contribution is 2.10. The molecule has 0 aromatic carbocycles. The molecule has 0 N–H and O–H groups in total. The maximum Gasteiger partial charge on any atom is 0.169 e. The van der Waals surface area contributed by atoms with Gasteiger partial charge in [0.25, 0.3) is 0 Å². The average Bonchev–Trinajstić information content (AvgIpc) is 2.19. The van der Waals surface area contributed by atoms with Crippen LogP contribution in [-0.2, 0) is 6.54 Å². The van der Waals surface area contributed by atoms with Crippen LogP contribution in [0.15, 0.2) is 24.5 Å². The van der Waals surface area contributed by atoms with Gasteiger partial charge in [0.15, 0.2) is 12.4 Å². The summed E-state index contributed by atoms with van der Waals surface area (Å²) in [5.74, 6) is 0.639. The van der Waals surface area contributed by atoms with Gasteiger partial charge in [0.1, 0.15) is 6.54 Å². The number of aryl methyl sites for hydroxylation is 1. The van der Waals surface area contributed by atoms with E-state index in [0.717, 1.165) is 6.54 Å². The smallest absolute Gasteiger partial charge is 0.169 e. The fourth-order valence-corrected chi connectivity index (χ4v) is 1.55. The van der Waals surface area contributed by atoms with E-state index in [0.29, 0.717) is 5.92 Å². The highest BCUT2D eigenvalue weighted by Gasteiger charge is 2.02. The summed E-state index contributed by atoms with van der Waals surface area (Å²) in [5, 5.41) is 0.